The quantitative estimate of drug-likeness (QED) is 0.896. The van der Waals surface area contributed by atoms with Crippen LogP contribution in [0.1, 0.15) is 24.6 Å². The highest BCUT2D eigenvalue weighted by atomic mass is 16.1. The molecule has 0 spiro atoms. The van der Waals surface area contributed by atoms with Crippen LogP contribution in [-0.2, 0) is 11.2 Å². The lowest BCUT2D eigenvalue weighted by Crippen LogP contribution is -2.28. The van der Waals surface area contributed by atoms with Gasteiger partial charge in [0.15, 0.2) is 5.65 Å². The summed E-state index contributed by atoms with van der Waals surface area (Å²) in [6.07, 6.45) is 7.01. The Labute approximate surface area is 123 Å². The molecule has 0 saturated heterocycles. The van der Waals surface area contributed by atoms with Crippen molar-refractivity contribution in [3.63, 3.8) is 0 Å². The minimum atomic E-state index is 0.0627. The van der Waals surface area contributed by atoms with E-state index in [9.17, 15) is 4.79 Å². The van der Waals surface area contributed by atoms with Crippen LogP contribution in [0, 0.1) is 12.8 Å². The van der Waals surface area contributed by atoms with Crippen molar-refractivity contribution in [3.8, 4) is 0 Å². The fraction of sp³-hybridized carbons (Fsp3) is 0.400. The van der Waals surface area contributed by atoms with Gasteiger partial charge in [0.05, 0.1) is 6.20 Å². The van der Waals surface area contributed by atoms with Gasteiger partial charge in [-0.25, -0.2) is 4.98 Å². The Bertz CT molecular complexity index is 703. The highest BCUT2D eigenvalue weighted by Crippen LogP contribution is 2.17. The van der Waals surface area contributed by atoms with Crippen LogP contribution < -0.4 is 10.6 Å². The lowest BCUT2D eigenvalue weighted by atomic mass is 10.0. The number of hydrogen-bond donors (Lipinski definition) is 2. The fourth-order valence-corrected chi connectivity index (χ4v) is 2.52. The van der Waals surface area contributed by atoms with Gasteiger partial charge < -0.3 is 10.6 Å². The number of aromatic nitrogens is 3. The van der Waals surface area contributed by atoms with Gasteiger partial charge in [0.25, 0.3) is 0 Å². The van der Waals surface area contributed by atoms with Crippen molar-refractivity contribution in [1.29, 1.82) is 0 Å². The van der Waals surface area contributed by atoms with Crippen LogP contribution in [0.15, 0.2) is 24.5 Å². The molecule has 0 fully saturated rings. The van der Waals surface area contributed by atoms with Gasteiger partial charge in [-0.2, -0.15) is 9.61 Å². The molecule has 0 aliphatic carbocycles. The summed E-state index contributed by atoms with van der Waals surface area (Å²) in [7, 11) is 0. The topological polar surface area (TPSA) is 71.3 Å². The van der Waals surface area contributed by atoms with Crippen LogP contribution in [0.4, 0.5) is 5.82 Å². The van der Waals surface area contributed by atoms with E-state index in [1.807, 2.05) is 29.8 Å². The van der Waals surface area contributed by atoms with Crippen LogP contribution in [0.25, 0.3) is 5.65 Å². The molecule has 3 rings (SSSR count). The van der Waals surface area contributed by atoms with E-state index in [2.05, 4.69) is 27.6 Å². The minimum Gasteiger partial charge on any atom is -0.369 e. The molecule has 1 amide bonds. The monoisotopic (exact) mass is 285 g/mol. The number of nitrogens with one attached hydrogen (secondary N) is 2. The molecule has 0 saturated carbocycles. The Morgan fingerprint density at radius 1 is 1.52 bits per heavy atom. The predicted molar refractivity (Wildman–Crippen MR) is 81.0 cm³/mol. The summed E-state index contributed by atoms with van der Waals surface area (Å²) in [6, 6.07) is 1.98. The van der Waals surface area contributed by atoms with E-state index in [1.54, 1.807) is 6.20 Å². The highest BCUT2D eigenvalue weighted by Gasteiger charge is 2.15. The second kappa shape index (κ2) is 5.55. The third kappa shape index (κ3) is 2.74. The van der Waals surface area contributed by atoms with Crippen molar-refractivity contribution in [3.05, 3.63) is 35.8 Å². The number of rotatable bonds is 4. The van der Waals surface area contributed by atoms with Gasteiger partial charge in [-0.3, -0.25) is 4.79 Å². The smallest absolute Gasteiger partial charge is 0.224 e. The van der Waals surface area contributed by atoms with Crippen LogP contribution in [0.5, 0.6) is 0 Å². The third-order valence-corrected chi connectivity index (χ3v) is 3.66. The SMILES string of the molecule is CCc1cnn2c(NCC3C=CNC(=O)C3)cc(C)nc12. The molecule has 1 unspecified atom stereocenters. The largest absolute Gasteiger partial charge is 0.369 e. The number of amides is 1. The van der Waals surface area contributed by atoms with Gasteiger partial charge in [0, 0.05) is 42.4 Å². The van der Waals surface area contributed by atoms with E-state index in [1.165, 1.54) is 0 Å². The molecule has 2 aromatic rings. The van der Waals surface area contributed by atoms with Gasteiger partial charge in [-0.15, -0.1) is 0 Å². The summed E-state index contributed by atoms with van der Waals surface area (Å²) < 4.78 is 1.83. The molecule has 21 heavy (non-hydrogen) atoms. The molecule has 110 valence electrons. The average Bonchev–Trinajstić information content (AvgIpc) is 2.87. The maximum absolute atomic E-state index is 11.4. The van der Waals surface area contributed by atoms with Crippen molar-refractivity contribution in [2.24, 2.45) is 5.92 Å². The van der Waals surface area contributed by atoms with E-state index in [-0.39, 0.29) is 11.8 Å². The third-order valence-electron chi connectivity index (χ3n) is 3.66. The Morgan fingerprint density at radius 3 is 3.14 bits per heavy atom. The summed E-state index contributed by atoms with van der Waals surface area (Å²) in [5.74, 6) is 1.17. The van der Waals surface area contributed by atoms with Crippen LogP contribution in [-0.4, -0.2) is 27.0 Å². The first-order chi connectivity index (χ1) is 10.2. The van der Waals surface area contributed by atoms with Crippen LogP contribution in [0.2, 0.25) is 0 Å². The summed E-state index contributed by atoms with van der Waals surface area (Å²) in [4.78, 5) is 15.9. The fourth-order valence-electron chi connectivity index (χ4n) is 2.52. The molecule has 0 radical (unpaired) electrons. The van der Waals surface area contributed by atoms with Gasteiger partial charge in [-0.1, -0.05) is 13.0 Å². The maximum atomic E-state index is 11.4. The Kier molecular flexibility index (Phi) is 3.60. The molecular weight excluding hydrogens is 266 g/mol. The van der Waals surface area contributed by atoms with Crippen LogP contribution >= 0.6 is 0 Å². The van der Waals surface area contributed by atoms with Gasteiger partial charge >= 0.3 is 0 Å². The number of hydrogen-bond acceptors (Lipinski definition) is 4. The van der Waals surface area contributed by atoms with Crippen molar-refractivity contribution in [2.75, 3.05) is 11.9 Å². The molecule has 1 aliphatic heterocycles. The molecule has 1 atom stereocenters. The molecule has 6 heteroatoms. The van der Waals surface area contributed by atoms with Crippen molar-refractivity contribution in [2.45, 2.75) is 26.7 Å². The zero-order chi connectivity index (χ0) is 14.8. The van der Waals surface area contributed by atoms with E-state index in [4.69, 9.17) is 0 Å². The summed E-state index contributed by atoms with van der Waals surface area (Å²) in [5, 5.41) is 10.5. The van der Waals surface area contributed by atoms with Crippen molar-refractivity contribution >= 4 is 17.4 Å². The normalized spacial score (nSPS) is 18.0. The first-order valence-electron chi connectivity index (χ1n) is 7.21. The number of carbonyl (C=O) groups excluding carboxylic acids is 1. The molecule has 3 heterocycles. The van der Waals surface area contributed by atoms with E-state index >= 15 is 0 Å². The lowest BCUT2D eigenvalue weighted by Gasteiger charge is -2.18. The second-order valence-electron chi connectivity index (χ2n) is 5.31. The molecule has 0 aromatic carbocycles. The number of fused-ring (bicyclic) bond motifs is 1. The first-order valence-corrected chi connectivity index (χ1v) is 7.21. The molecule has 2 N–H and O–H groups in total. The van der Waals surface area contributed by atoms with E-state index in [0.29, 0.717) is 13.0 Å². The molecule has 6 nitrogen and oxygen atoms in total. The standard InChI is InChI=1S/C15H19N5O/c1-3-12-9-18-20-13(6-10(2)19-15(12)20)17-8-11-4-5-16-14(21)7-11/h4-6,9,11,17H,3,7-8H2,1-2H3,(H,16,21). The number of aryl methyl sites for hydroxylation is 2. The Balaban J connectivity index is 1.83. The average molecular weight is 285 g/mol. The number of nitrogens with zero attached hydrogens (tertiary/aromatic N) is 3. The summed E-state index contributed by atoms with van der Waals surface area (Å²) in [6.45, 7) is 4.77. The van der Waals surface area contributed by atoms with Gasteiger partial charge in [0.2, 0.25) is 5.91 Å². The highest BCUT2D eigenvalue weighted by molar-refractivity contribution is 5.78. The van der Waals surface area contributed by atoms with E-state index < -0.39 is 0 Å². The molecular formula is C15H19N5O. The first kappa shape index (κ1) is 13.6. The molecule has 1 aliphatic rings. The summed E-state index contributed by atoms with van der Waals surface area (Å²) in [5.41, 5.74) is 2.99. The van der Waals surface area contributed by atoms with Gasteiger partial charge in [-0.05, 0) is 13.3 Å². The van der Waals surface area contributed by atoms with E-state index in [0.717, 1.165) is 29.1 Å². The Morgan fingerprint density at radius 2 is 2.38 bits per heavy atom. The zero-order valence-corrected chi connectivity index (χ0v) is 12.3. The predicted octanol–water partition coefficient (Wildman–Crippen LogP) is 1.66. The van der Waals surface area contributed by atoms with Crippen molar-refractivity contribution < 1.29 is 4.79 Å². The second-order valence-corrected chi connectivity index (χ2v) is 5.31. The summed E-state index contributed by atoms with van der Waals surface area (Å²) >= 11 is 0. The minimum absolute atomic E-state index is 0.0627. The van der Waals surface area contributed by atoms with Gasteiger partial charge in [0.1, 0.15) is 5.82 Å². The Hall–Kier alpha value is -2.37. The van der Waals surface area contributed by atoms with Crippen LogP contribution in [0.3, 0.4) is 0 Å². The van der Waals surface area contributed by atoms with Crippen molar-refractivity contribution in [1.82, 2.24) is 19.9 Å². The number of anilines is 1. The molecule has 0 bridgehead atoms. The lowest BCUT2D eigenvalue weighted by molar-refractivity contribution is -0.121. The zero-order valence-electron chi connectivity index (χ0n) is 12.3. The number of carbonyl (C=O) groups is 1. The molecule has 2 aromatic heterocycles. The maximum Gasteiger partial charge on any atom is 0.224 e.